The average molecular weight is 258 g/mol. The summed E-state index contributed by atoms with van der Waals surface area (Å²) in [6, 6.07) is 4.30. The van der Waals surface area contributed by atoms with Gasteiger partial charge in [0.15, 0.2) is 0 Å². The molecule has 1 aliphatic rings. The Morgan fingerprint density at radius 1 is 1.22 bits per heavy atom. The Kier molecular flexibility index (Phi) is 3.02. The largest absolute Gasteiger partial charge is 0.512 e. The van der Waals surface area contributed by atoms with Gasteiger partial charge in [0.25, 0.3) is 0 Å². The molecular weight excluding hydrogens is 249 g/mol. The summed E-state index contributed by atoms with van der Waals surface area (Å²) in [5.74, 6) is -0.847. The molecule has 2 rings (SSSR count). The van der Waals surface area contributed by atoms with Crippen LogP contribution in [0.3, 0.4) is 0 Å². The molecule has 0 bridgehead atoms. The highest BCUT2D eigenvalue weighted by Crippen LogP contribution is 2.32. The zero-order chi connectivity index (χ0) is 13.3. The minimum atomic E-state index is -4.40. The van der Waals surface area contributed by atoms with Crippen LogP contribution in [0.5, 0.6) is 0 Å². The molecule has 0 radical (unpaired) electrons. The number of hydrogen-bond acceptors (Lipinski definition) is 3. The molecule has 0 fully saturated rings. The van der Waals surface area contributed by atoms with E-state index in [9.17, 15) is 23.1 Å². The number of rotatable bonds is 1. The summed E-state index contributed by atoms with van der Waals surface area (Å²) in [5.41, 5.74) is -0.357. The van der Waals surface area contributed by atoms with Gasteiger partial charge in [0.05, 0.1) is 11.6 Å². The molecule has 1 aromatic rings. The van der Waals surface area contributed by atoms with E-state index in [0.717, 1.165) is 18.2 Å². The van der Waals surface area contributed by atoms with Crippen LogP contribution >= 0.6 is 0 Å². The van der Waals surface area contributed by atoms with Gasteiger partial charge in [-0.1, -0.05) is 12.1 Å². The maximum absolute atomic E-state index is 12.4. The van der Waals surface area contributed by atoms with Crippen LogP contribution in [0.1, 0.15) is 23.7 Å². The van der Waals surface area contributed by atoms with Gasteiger partial charge < -0.3 is 9.84 Å². The fraction of sp³-hybridized carbons (Fsp3) is 0.250. The lowest BCUT2D eigenvalue weighted by atomic mass is 10.0. The lowest BCUT2D eigenvalue weighted by molar-refractivity contribution is -0.145. The van der Waals surface area contributed by atoms with Gasteiger partial charge in [-0.3, -0.25) is 0 Å². The molecule has 1 aliphatic heterocycles. The van der Waals surface area contributed by atoms with E-state index in [0.29, 0.717) is 5.56 Å². The maximum atomic E-state index is 12.4. The molecule has 0 aliphatic carbocycles. The third-order valence-electron chi connectivity index (χ3n) is 2.55. The molecule has 0 aromatic heterocycles. The first-order valence-electron chi connectivity index (χ1n) is 5.13. The van der Waals surface area contributed by atoms with Crippen LogP contribution in [0.15, 0.2) is 36.1 Å². The van der Waals surface area contributed by atoms with E-state index < -0.39 is 23.8 Å². The van der Waals surface area contributed by atoms with Crippen LogP contribution in [0, 0.1) is 0 Å². The van der Waals surface area contributed by atoms with E-state index in [1.807, 2.05) is 0 Å². The molecule has 1 heterocycles. The molecule has 1 N–H and O–H groups in total. The van der Waals surface area contributed by atoms with Crippen molar-refractivity contribution in [3.05, 3.63) is 47.2 Å². The second-order valence-electron chi connectivity index (χ2n) is 3.89. The molecule has 1 aromatic carbocycles. The first kappa shape index (κ1) is 12.5. The minimum absolute atomic E-state index is 0.0666. The molecule has 6 heteroatoms. The second-order valence-corrected chi connectivity index (χ2v) is 3.89. The smallest absolute Gasteiger partial charge is 0.416 e. The van der Waals surface area contributed by atoms with E-state index in [1.165, 1.54) is 12.1 Å². The van der Waals surface area contributed by atoms with Crippen molar-refractivity contribution >= 4 is 5.97 Å². The Bertz CT molecular complexity index is 488. The van der Waals surface area contributed by atoms with Crippen molar-refractivity contribution in [3.63, 3.8) is 0 Å². The average Bonchev–Trinajstić information content (AvgIpc) is 2.27. The summed E-state index contributed by atoms with van der Waals surface area (Å²) in [6.07, 6.45) is -4.13. The fourth-order valence-corrected chi connectivity index (χ4v) is 1.67. The highest BCUT2D eigenvalue weighted by atomic mass is 19.4. The monoisotopic (exact) mass is 258 g/mol. The van der Waals surface area contributed by atoms with E-state index in [-0.39, 0.29) is 12.2 Å². The second kappa shape index (κ2) is 4.36. The van der Waals surface area contributed by atoms with Gasteiger partial charge in [-0.15, -0.1) is 0 Å². The predicted molar refractivity (Wildman–Crippen MR) is 55.6 cm³/mol. The molecular formula is C12H9F3O3. The maximum Gasteiger partial charge on any atom is 0.416 e. The Labute approximate surface area is 100 Å². The number of cyclic esters (lactones) is 1. The topological polar surface area (TPSA) is 46.5 Å². The van der Waals surface area contributed by atoms with Crippen LogP contribution in [0.25, 0.3) is 0 Å². The SMILES string of the molecule is O=C1C=C(O)CC(c2ccc(C(F)(F)F)cc2)O1. The van der Waals surface area contributed by atoms with Gasteiger partial charge >= 0.3 is 12.1 Å². The third kappa shape index (κ3) is 2.64. The number of aliphatic hydroxyl groups excluding tert-OH is 1. The molecule has 1 unspecified atom stereocenters. The molecule has 96 valence electrons. The Morgan fingerprint density at radius 3 is 2.33 bits per heavy atom. The number of esters is 1. The van der Waals surface area contributed by atoms with Crippen molar-refractivity contribution in [1.29, 1.82) is 0 Å². The predicted octanol–water partition coefficient (Wildman–Crippen LogP) is 3.14. The number of hydrogen-bond donors (Lipinski definition) is 1. The van der Waals surface area contributed by atoms with E-state index in [1.54, 1.807) is 0 Å². The van der Waals surface area contributed by atoms with Crippen molar-refractivity contribution in [2.45, 2.75) is 18.7 Å². The molecule has 0 spiro atoms. The first-order valence-corrected chi connectivity index (χ1v) is 5.13. The third-order valence-corrected chi connectivity index (χ3v) is 2.55. The molecule has 1 atom stereocenters. The van der Waals surface area contributed by atoms with Crippen molar-refractivity contribution in [2.24, 2.45) is 0 Å². The number of benzene rings is 1. The summed E-state index contributed by atoms with van der Waals surface area (Å²) in [6.45, 7) is 0. The van der Waals surface area contributed by atoms with Crippen LogP contribution < -0.4 is 0 Å². The van der Waals surface area contributed by atoms with Crippen LogP contribution in [-0.4, -0.2) is 11.1 Å². The number of ether oxygens (including phenoxy) is 1. The summed E-state index contributed by atoms with van der Waals surface area (Å²) < 4.78 is 42.0. The van der Waals surface area contributed by atoms with Crippen molar-refractivity contribution < 1.29 is 27.8 Å². The first-order chi connectivity index (χ1) is 8.36. The number of halogens is 3. The van der Waals surface area contributed by atoms with Gasteiger partial charge in [-0.05, 0) is 17.7 Å². The molecule has 3 nitrogen and oxygen atoms in total. The Balaban J connectivity index is 2.21. The highest BCUT2D eigenvalue weighted by molar-refractivity contribution is 5.83. The van der Waals surface area contributed by atoms with Gasteiger partial charge in [-0.25, -0.2) is 4.79 Å². The molecule has 0 saturated carbocycles. The molecule has 0 amide bonds. The lowest BCUT2D eigenvalue weighted by Crippen LogP contribution is -2.16. The standard InChI is InChI=1S/C12H9F3O3/c13-12(14,15)8-3-1-7(2-4-8)10-5-9(16)6-11(17)18-10/h1-4,6,10,16H,5H2. The van der Waals surface area contributed by atoms with Crippen LogP contribution in [-0.2, 0) is 15.7 Å². The van der Waals surface area contributed by atoms with Crippen LogP contribution in [0.2, 0.25) is 0 Å². The van der Waals surface area contributed by atoms with Crippen molar-refractivity contribution in [2.75, 3.05) is 0 Å². The number of alkyl halides is 3. The zero-order valence-electron chi connectivity index (χ0n) is 9.07. The number of aliphatic hydroxyl groups is 1. The van der Waals surface area contributed by atoms with E-state index >= 15 is 0 Å². The van der Waals surface area contributed by atoms with E-state index in [4.69, 9.17) is 4.74 Å². The summed E-state index contributed by atoms with van der Waals surface area (Å²) in [5, 5.41) is 9.28. The summed E-state index contributed by atoms with van der Waals surface area (Å²) >= 11 is 0. The van der Waals surface area contributed by atoms with Crippen molar-refractivity contribution in [3.8, 4) is 0 Å². The van der Waals surface area contributed by atoms with Gasteiger partial charge in [-0.2, -0.15) is 13.2 Å². The van der Waals surface area contributed by atoms with Crippen molar-refractivity contribution in [1.82, 2.24) is 0 Å². The van der Waals surface area contributed by atoms with Gasteiger partial charge in [0.2, 0.25) is 0 Å². The molecule has 0 saturated heterocycles. The lowest BCUT2D eigenvalue weighted by Gasteiger charge is -2.21. The van der Waals surface area contributed by atoms with Crippen LogP contribution in [0.4, 0.5) is 13.2 Å². The zero-order valence-corrected chi connectivity index (χ0v) is 9.07. The van der Waals surface area contributed by atoms with E-state index in [2.05, 4.69) is 0 Å². The minimum Gasteiger partial charge on any atom is -0.512 e. The normalized spacial score (nSPS) is 20.3. The summed E-state index contributed by atoms with van der Waals surface area (Å²) in [7, 11) is 0. The van der Waals surface area contributed by atoms with Gasteiger partial charge in [0.1, 0.15) is 11.9 Å². The highest BCUT2D eigenvalue weighted by Gasteiger charge is 2.31. The fourth-order valence-electron chi connectivity index (χ4n) is 1.67. The van der Waals surface area contributed by atoms with Gasteiger partial charge in [0, 0.05) is 6.42 Å². The Hall–Kier alpha value is -1.98. The number of carbonyl (C=O) groups excluding carboxylic acids is 1. The number of carbonyl (C=O) groups is 1. The summed E-state index contributed by atoms with van der Waals surface area (Å²) in [4.78, 5) is 11.0. The molecule has 18 heavy (non-hydrogen) atoms. The quantitative estimate of drug-likeness (QED) is 0.787. The Morgan fingerprint density at radius 2 is 1.83 bits per heavy atom.